The second-order valence-corrected chi connectivity index (χ2v) is 3.62. The average molecular weight is 189 g/mol. The molecule has 2 aromatic heterocycles. The number of ether oxygens (including phenoxy) is 1. The van der Waals surface area contributed by atoms with Crippen molar-refractivity contribution in [2.45, 2.75) is 18.8 Å². The van der Waals surface area contributed by atoms with Crippen LogP contribution < -0.4 is 4.74 Å². The molecular weight excluding hydrogens is 178 g/mol. The molecule has 4 nitrogen and oxygen atoms in total. The lowest BCUT2D eigenvalue weighted by Crippen LogP contribution is -1.90. The Hall–Kier alpha value is -1.58. The van der Waals surface area contributed by atoms with Crippen molar-refractivity contribution >= 4 is 5.65 Å². The van der Waals surface area contributed by atoms with Crippen LogP contribution in [0.2, 0.25) is 0 Å². The molecule has 0 spiro atoms. The lowest BCUT2D eigenvalue weighted by atomic mass is 10.4. The normalized spacial score (nSPS) is 16.1. The fourth-order valence-electron chi connectivity index (χ4n) is 1.52. The van der Waals surface area contributed by atoms with Crippen LogP contribution in [0.15, 0.2) is 18.3 Å². The van der Waals surface area contributed by atoms with Gasteiger partial charge < -0.3 is 4.74 Å². The van der Waals surface area contributed by atoms with E-state index in [2.05, 4.69) is 10.1 Å². The quantitative estimate of drug-likeness (QED) is 0.720. The SMILES string of the molecule is COc1ccc2nc(C3CC3)nn2c1. The molecule has 72 valence electrons. The van der Waals surface area contributed by atoms with Crippen molar-refractivity contribution in [1.82, 2.24) is 14.6 Å². The first kappa shape index (κ1) is 7.79. The molecule has 2 heterocycles. The molecule has 3 rings (SSSR count). The van der Waals surface area contributed by atoms with Crippen LogP contribution >= 0.6 is 0 Å². The summed E-state index contributed by atoms with van der Waals surface area (Å²) in [6.07, 6.45) is 4.32. The smallest absolute Gasteiger partial charge is 0.155 e. The van der Waals surface area contributed by atoms with Crippen molar-refractivity contribution in [2.75, 3.05) is 7.11 Å². The van der Waals surface area contributed by atoms with Crippen molar-refractivity contribution in [3.05, 3.63) is 24.2 Å². The maximum atomic E-state index is 5.12. The van der Waals surface area contributed by atoms with Gasteiger partial charge in [-0.1, -0.05) is 0 Å². The molecule has 2 aromatic rings. The van der Waals surface area contributed by atoms with Gasteiger partial charge in [-0.15, -0.1) is 0 Å². The number of fused-ring (bicyclic) bond motifs is 1. The minimum absolute atomic E-state index is 0.598. The van der Waals surface area contributed by atoms with E-state index in [1.165, 1.54) is 12.8 Å². The highest BCUT2D eigenvalue weighted by molar-refractivity contribution is 5.41. The lowest BCUT2D eigenvalue weighted by molar-refractivity contribution is 0.411. The van der Waals surface area contributed by atoms with E-state index in [0.717, 1.165) is 17.2 Å². The first-order chi connectivity index (χ1) is 6.86. The third kappa shape index (κ3) is 1.14. The van der Waals surface area contributed by atoms with Crippen LogP contribution in [0, 0.1) is 0 Å². The molecule has 0 amide bonds. The molecular formula is C10H11N3O. The van der Waals surface area contributed by atoms with Crippen molar-refractivity contribution in [1.29, 1.82) is 0 Å². The van der Waals surface area contributed by atoms with Crippen molar-refractivity contribution in [3.8, 4) is 5.75 Å². The molecule has 0 radical (unpaired) electrons. The topological polar surface area (TPSA) is 39.4 Å². The van der Waals surface area contributed by atoms with Crippen LogP contribution in [0.5, 0.6) is 5.75 Å². The molecule has 0 aromatic carbocycles. The molecule has 0 bridgehead atoms. The minimum atomic E-state index is 0.598. The summed E-state index contributed by atoms with van der Waals surface area (Å²) in [5.74, 6) is 2.38. The molecule has 4 heteroatoms. The zero-order valence-electron chi connectivity index (χ0n) is 7.97. The van der Waals surface area contributed by atoms with Gasteiger partial charge in [0.25, 0.3) is 0 Å². The minimum Gasteiger partial charge on any atom is -0.495 e. The van der Waals surface area contributed by atoms with Gasteiger partial charge in [0.1, 0.15) is 5.75 Å². The Morgan fingerprint density at radius 2 is 2.29 bits per heavy atom. The van der Waals surface area contributed by atoms with E-state index in [9.17, 15) is 0 Å². The summed E-state index contributed by atoms with van der Waals surface area (Å²) in [5.41, 5.74) is 0.896. The van der Waals surface area contributed by atoms with Gasteiger partial charge >= 0.3 is 0 Å². The first-order valence-electron chi connectivity index (χ1n) is 4.77. The Labute approximate surface area is 81.5 Å². The number of rotatable bonds is 2. The molecule has 0 N–H and O–H groups in total. The van der Waals surface area contributed by atoms with Crippen LogP contribution in [0.1, 0.15) is 24.6 Å². The molecule has 0 unspecified atom stereocenters. The molecule has 0 saturated heterocycles. The van der Waals surface area contributed by atoms with Crippen LogP contribution in [0.3, 0.4) is 0 Å². The van der Waals surface area contributed by atoms with E-state index < -0.39 is 0 Å². The maximum Gasteiger partial charge on any atom is 0.155 e. The van der Waals surface area contributed by atoms with E-state index in [1.807, 2.05) is 18.3 Å². The van der Waals surface area contributed by atoms with E-state index in [4.69, 9.17) is 4.74 Å². The number of hydrogen-bond donors (Lipinski definition) is 0. The van der Waals surface area contributed by atoms with Crippen molar-refractivity contribution in [2.24, 2.45) is 0 Å². The van der Waals surface area contributed by atoms with Crippen LogP contribution in [0.25, 0.3) is 5.65 Å². The Kier molecular flexibility index (Phi) is 1.50. The molecule has 0 atom stereocenters. The summed E-state index contributed by atoms with van der Waals surface area (Å²) in [6, 6.07) is 3.83. The zero-order valence-corrected chi connectivity index (χ0v) is 7.97. The number of aromatic nitrogens is 3. The highest BCUT2D eigenvalue weighted by atomic mass is 16.5. The monoisotopic (exact) mass is 189 g/mol. The van der Waals surface area contributed by atoms with Crippen molar-refractivity contribution in [3.63, 3.8) is 0 Å². The summed E-state index contributed by atoms with van der Waals surface area (Å²) >= 11 is 0. The molecule has 1 saturated carbocycles. The first-order valence-corrected chi connectivity index (χ1v) is 4.77. The standard InChI is InChI=1S/C10H11N3O/c1-14-8-4-5-9-11-10(7-2-3-7)12-13(9)6-8/h4-7H,2-3H2,1H3. The predicted molar refractivity (Wildman–Crippen MR) is 51.5 cm³/mol. The average Bonchev–Trinajstić information content (AvgIpc) is 2.97. The Balaban J connectivity index is 2.12. The Morgan fingerprint density at radius 1 is 1.43 bits per heavy atom. The number of pyridine rings is 1. The van der Waals surface area contributed by atoms with Gasteiger partial charge in [-0.25, -0.2) is 9.50 Å². The number of methoxy groups -OCH3 is 1. The predicted octanol–water partition coefficient (Wildman–Crippen LogP) is 1.62. The van der Waals surface area contributed by atoms with Gasteiger partial charge in [-0.2, -0.15) is 5.10 Å². The summed E-state index contributed by atoms with van der Waals surface area (Å²) in [7, 11) is 1.65. The number of nitrogens with zero attached hydrogens (tertiary/aromatic N) is 3. The molecule has 14 heavy (non-hydrogen) atoms. The molecule has 1 fully saturated rings. The van der Waals surface area contributed by atoms with E-state index in [1.54, 1.807) is 11.6 Å². The van der Waals surface area contributed by atoms with Gasteiger partial charge in [0.15, 0.2) is 11.5 Å². The van der Waals surface area contributed by atoms with Gasteiger partial charge in [0, 0.05) is 5.92 Å². The molecule has 0 aliphatic heterocycles. The lowest BCUT2D eigenvalue weighted by Gasteiger charge is -1.97. The third-order valence-corrected chi connectivity index (χ3v) is 2.50. The number of hydrogen-bond acceptors (Lipinski definition) is 3. The van der Waals surface area contributed by atoms with Crippen LogP contribution in [-0.2, 0) is 0 Å². The second kappa shape index (κ2) is 2.70. The maximum absolute atomic E-state index is 5.12. The van der Waals surface area contributed by atoms with Gasteiger partial charge in [0.05, 0.1) is 13.3 Å². The summed E-state index contributed by atoms with van der Waals surface area (Å²) in [4.78, 5) is 4.45. The summed E-state index contributed by atoms with van der Waals surface area (Å²) < 4.78 is 6.90. The summed E-state index contributed by atoms with van der Waals surface area (Å²) in [5, 5.41) is 4.41. The van der Waals surface area contributed by atoms with Crippen LogP contribution in [-0.4, -0.2) is 21.7 Å². The molecule has 1 aliphatic rings. The Morgan fingerprint density at radius 3 is 3.00 bits per heavy atom. The van der Waals surface area contributed by atoms with Crippen molar-refractivity contribution < 1.29 is 4.74 Å². The van der Waals surface area contributed by atoms with E-state index in [0.29, 0.717) is 5.92 Å². The Bertz CT molecular complexity index is 473. The van der Waals surface area contributed by atoms with E-state index in [-0.39, 0.29) is 0 Å². The van der Waals surface area contributed by atoms with Gasteiger partial charge in [0.2, 0.25) is 0 Å². The van der Waals surface area contributed by atoms with Gasteiger partial charge in [-0.05, 0) is 25.0 Å². The van der Waals surface area contributed by atoms with Gasteiger partial charge in [-0.3, -0.25) is 0 Å². The fourth-order valence-corrected chi connectivity index (χ4v) is 1.52. The van der Waals surface area contributed by atoms with Crippen LogP contribution in [0.4, 0.5) is 0 Å². The largest absolute Gasteiger partial charge is 0.495 e. The second-order valence-electron chi connectivity index (χ2n) is 3.62. The zero-order chi connectivity index (χ0) is 9.54. The fraction of sp³-hybridized carbons (Fsp3) is 0.400. The third-order valence-electron chi connectivity index (χ3n) is 2.50. The highest BCUT2D eigenvalue weighted by Gasteiger charge is 2.27. The van der Waals surface area contributed by atoms with E-state index >= 15 is 0 Å². The molecule has 1 aliphatic carbocycles. The highest BCUT2D eigenvalue weighted by Crippen LogP contribution is 2.38. The summed E-state index contributed by atoms with van der Waals surface area (Å²) in [6.45, 7) is 0.